The number of aromatic nitrogens is 2. The van der Waals surface area contributed by atoms with Crippen molar-refractivity contribution in [3.8, 4) is 0 Å². The highest BCUT2D eigenvalue weighted by atomic mass is 16.1. The number of aryl methyl sites for hydroxylation is 2. The third-order valence-corrected chi connectivity index (χ3v) is 3.59. The molecule has 2 aromatic rings. The predicted octanol–water partition coefficient (Wildman–Crippen LogP) is 3.19. The summed E-state index contributed by atoms with van der Waals surface area (Å²) in [5.41, 5.74) is 3.41. The highest BCUT2D eigenvalue weighted by Crippen LogP contribution is 2.17. The number of benzene rings is 1. The van der Waals surface area contributed by atoms with Crippen molar-refractivity contribution in [3.63, 3.8) is 0 Å². The lowest BCUT2D eigenvalue weighted by Crippen LogP contribution is -2.24. The van der Waals surface area contributed by atoms with Crippen LogP contribution in [0, 0.1) is 13.8 Å². The number of rotatable bonds is 5. The molecule has 0 aliphatic heterocycles. The Kier molecular flexibility index (Phi) is 5.09. The number of amides is 1. The molecule has 0 radical (unpaired) electrons. The summed E-state index contributed by atoms with van der Waals surface area (Å²) in [6.45, 7) is 9.74. The fourth-order valence-electron chi connectivity index (χ4n) is 2.17. The molecule has 1 aromatic heterocycles. The van der Waals surface area contributed by atoms with Crippen LogP contribution in [-0.2, 0) is 0 Å². The van der Waals surface area contributed by atoms with Gasteiger partial charge in [-0.15, -0.1) is 0 Å². The van der Waals surface area contributed by atoms with Gasteiger partial charge in [0.25, 0.3) is 5.91 Å². The van der Waals surface area contributed by atoms with Crippen LogP contribution in [0.5, 0.6) is 0 Å². The average molecular weight is 298 g/mol. The molecule has 5 nitrogen and oxygen atoms in total. The predicted molar refractivity (Wildman–Crippen MR) is 89.5 cm³/mol. The van der Waals surface area contributed by atoms with Crippen molar-refractivity contribution in [3.05, 3.63) is 47.3 Å². The maximum absolute atomic E-state index is 12.3. The van der Waals surface area contributed by atoms with Gasteiger partial charge in [-0.25, -0.2) is 9.97 Å². The van der Waals surface area contributed by atoms with Crippen LogP contribution in [0.15, 0.2) is 30.6 Å². The van der Waals surface area contributed by atoms with E-state index in [0.717, 1.165) is 29.9 Å². The second-order valence-electron chi connectivity index (χ2n) is 5.22. The summed E-state index contributed by atoms with van der Waals surface area (Å²) < 4.78 is 0. The molecule has 0 aliphatic rings. The van der Waals surface area contributed by atoms with Gasteiger partial charge in [0.05, 0.1) is 5.56 Å². The molecule has 1 amide bonds. The Hall–Kier alpha value is -2.43. The van der Waals surface area contributed by atoms with Gasteiger partial charge in [0, 0.05) is 31.2 Å². The van der Waals surface area contributed by atoms with E-state index in [1.165, 1.54) is 0 Å². The van der Waals surface area contributed by atoms with Gasteiger partial charge in [0.1, 0.15) is 0 Å². The minimum absolute atomic E-state index is 0.195. The maximum atomic E-state index is 12.3. The number of hydrogen-bond acceptors (Lipinski definition) is 4. The smallest absolute Gasteiger partial charge is 0.258 e. The first-order valence-corrected chi connectivity index (χ1v) is 7.50. The van der Waals surface area contributed by atoms with Gasteiger partial charge in [-0.3, -0.25) is 4.79 Å². The monoisotopic (exact) mass is 298 g/mol. The molecule has 0 spiro atoms. The molecule has 5 heteroatoms. The van der Waals surface area contributed by atoms with E-state index in [2.05, 4.69) is 15.3 Å². The molecule has 1 N–H and O–H groups in total. The minimum atomic E-state index is -0.195. The zero-order chi connectivity index (χ0) is 16.1. The third kappa shape index (κ3) is 3.61. The van der Waals surface area contributed by atoms with E-state index in [4.69, 9.17) is 0 Å². The number of carbonyl (C=O) groups excluding carboxylic acids is 1. The van der Waals surface area contributed by atoms with Crippen LogP contribution >= 0.6 is 0 Å². The normalized spacial score (nSPS) is 10.4. The molecule has 0 saturated heterocycles. The average Bonchev–Trinajstić information content (AvgIpc) is 2.53. The number of anilines is 2. The molecule has 0 unspecified atom stereocenters. The molecule has 0 saturated carbocycles. The quantitative estimate of drug-likeness (QED) is 0.921. The molecule has 0 atom stereocenters. The lowest BCUT2D eigenvalue weighted by molar-refractivity contribution is 0.102. The largest absolute Gasteiger partial charge is 0.341 e. The van der Waals surface area contributed by atoms with Gasteiger partial charge in [0.15, 0.2) is 0 Å². The van der Waals surface area contributed by atoms with Gasteiger partial charge >= 0.3 is 0 Å². The summed E-state index contributed by atoms with van der Waals surface area (Å²) in [4.78, 5) is 22.9. The Labute approximate surface area is 131 Å². The minimum Gasteiger partial charge on any atom is -0.341 e. The highest BCUT2D eigenvalue weighted by Gasteiger charge is 2.11. The van der Waals surface area contributed by atoms with Crippen LogP contribution in [0.4, 0.5) is 11.6 Å². The lowest BCUT2D eigenvalue weighted by Gasteiger charge is -2.18. The molecular weight excluding hydrogens is 276 g/mol. The molecule has 1 heterocycles. The number of nitrogens with zero attached hydrogens (tertiary/aromatic N) is 3. The topological polar surface area (TPSA) is 58.1 Å². The zero-order valence-corrected chi connectivity index (χ0v) is 13.6. The van der Waals surface area contributed by atoms with Crippen LogP contribution in [0.25, 0.3) is 0 Å². The van der Waals surface area contributed by atoms with E-state index >= 15 is 0 Å². The number of carbonyl (C=O) groups is 1. The van der Waals surface area contributed by atoms with Crippen LogP contribution in [-0.4, -0.2) is 29.0 Å². The van der Waals surface area contributed by atoms with E-state index in [1.54, 1.807) is 12.4 Å². The van der Waals surface area contributed by atoms with Crippen LogP contribution in [0.2, 0.25) is 0 Å². The van der Waals surface area contributed by atoms with Gasteiger partial charge in [-0.1, -0.05) is 12.1 Å². The first-order valence-electron chi connectivity index (χ1n) is 7.50. The Morgan fingerprint density at radius 3 is 2.36 bits per heavy atom. The van der Waals surface area contributed by atoms with Gasteiger partial charge in [-0.2, -0.15) is 0 Å². The number of nitrogens with one attached hydrogen (secondary N) is 1. The molecule has 0 bridgehead atoms. The van der Waals surface area contributed by atoms with Gasteiger partial charge in [-0.05, 0) is 44.9 Å². The summed E-state index contributed by atoms with van der Waals surface area (Å²) in [5, 5.41) is 2.91. The molecule has 22 heavy (non-hydrogen) atoms. The van der Waals surface area contributed by atoms with E-state index in [9.17, 15) is 4.79 Å². The fraction of sp³-hybridized carbons (Fsp3) is 0.353. The standard InChI is InChI=1S/C17H22N4O/c1-5-21(6-2)17-18-10-14(11-19-17)16(22)20-15-9-12(3)7-8-13(15)4/h7-11H,5-6H2,1-4H3,(H,20,22). The third-order valence-electron chi connectivity index (χ3n) is 3.59. The zero-order valence-electron chi connectivity index (χ0n) is 13.6. The van der Waals surface area contributed by atoms with Crippen molar-refractivity contribution >= 4 is 17.5 Å². The Balaban J connectivity index is 2.14. The van der Waals surface area contributed by atoms with E-state index < -0.39 is 0 Å². The van der Waals surface area contributed by atoms with Crippen LogP contribution in [0.1, 0.15) is 35.3 Å². The number of hydrogen-bond donors (Lipinski definition) is 1. The van der Waals surface area contributed by atoms with Crippen molar-refractivity contribution in [2.45, 2.75) is 27.7 Å². The highest BCUT2D eigenvalue weighted by molar-refractivity contribution is 6.04. The second-order valence-corrected chi connectivity index (χ2v) is 5.22. The summed E-state index contributed by atoms with van der Waals surface area (Å²) >= 11 is 0. The van der Waals surface area contributed by atoms with Crippen molar-refractivity contribution in [2.24, 2.45) is 0 Å². The first-order chi connectivity index (χ1) is 10.5. The van der Waals surface area contributed by atoms with Crippen LogP contribution in [0.3, 0.4) is 0 Å². The molecule has 116 valence electrons. The van der Waals surface area contributed by atoms with Gasteiger partial charge < -0.3 is 10.2 Å². The summed E-state index contributed by atoms with van der Waals surface area (Å²) in [6, 6.07) is 5.97. The summed E-state index contributed by atoms with van der Waals surface area (Å²) in [5.74, 6) is 0.452. The fourth-order valence-corrected chi connectivity index (χ4v) is 2.17. The first kappa shape index (κ1) is 15.9. The summed E-state index contributed by atoms with van der Waals surface area (Å²) in [7, 11) is 0. The maximum Gasteiger partial charge on any atom is 0.258 e. The van der Waals surface area contributed by atoms with E-state index in [0.29, 0.717) is 11.5 Å². The van der Waals surface area contributed by atoms with E-state index in [-0.39, 0.29) is 5.91 Å². The Bertz CT molecular complexity index is 648. The molecule has 0 fully saturated rings. The second kappa shape index (κ2) is 7.02. The molecule has 0 aliphatic carbocycles. The van der Waals surface area contributed by atoms with E-state index in [1.807, 2.05) is 50.8 Å². The lowest BCUT2D eigenvalue weighted by atomic mass is 10.1. The molecule has 1 aromatic carbocycles. The van der Waals surface area contributed by atoms with Crippen molar-refractivity contribution in [2.75, 3.05) is 23.3 Å². The molecular formula is C17H22N4O. The molecule has 2 rings (SSSR count). The van der Waals surface area contributed by atoms with Crippen LogP contribution < -0.4 is 10.2 Å². The van der Waals surface area contributed by atoms with Crippen molar-refractivity contribution < 1.29 is 4.79 Å². The van der Waals surface area contributed by atoms with Gasteiger partial charge in [0.2, 0.25) is 5.95 Å². The Morgan fingerprint density at radius 2 is 1.77 bits per heavy atom. The summed E-state index contributed by atoms with van der Waals surface area (Å²) in [6.07, 6.45) is 3.14. The SMILES string of the molecule is CCN(CC)c1ncc(C(=O)Nc2cc(C)ccc2C)cn1. The Morgan fingerprint density at radius 1 is 1.14 bits per heavy atom. The van der Waals surface area contributed by atoms with Crippen molar-refractivity contribution in [1.82, 2.24) is 9.97 Å². The van der Waals surface area contributed by atoms with Crippen molar-refractivity contribution in [1.29, 1.82) is 0 Å².